The smallest absolute Gasteiger partial charge is 0.0682 e. The SMILES string of the molecule is CC(C)(C)c1ccn(-c2cccc(CCN3CCCC3)c2)n1. The summed E-state index contributed by atoms with van der Waals surface area (Å²) < 4.78 is 2.00. The van der Waals surface area contributed by atoms with Crippen LogP contribution in [0.1, 0.15) is 44.9 Å². The summed E-state index contributed by atoms with van der Waals surface area (Å²) in [5.41, 5.74) is 3.79. The van der Waals surface area contributed by atoms with Crippen molar-refractivity contribution in [2.75, 3.05) is 19.6 Å². The summed E-state index contributed by atoms with van der Waals surface area (Å²) in [5.74, 6) is 0. The van der Waals surface area contributed by atoms with Crippen LogP contribution >= 0.6 is 0 Å². The van der Waals surface area contributed by atoms with Crippen LogP contribution in [0, 0.1) is 0 Å². The lowest BCUT2D eigenvalue weighted by atomic mass is 9.93. The van der Waals surface area contributed by atoms with E-state index >= 15 is 0 Å². The Morgan fingerprint density at radius 3 is 2.55 bits per heavy atom. The van der Waals surface area contributed by atoms with E-state index in [0.29, 0.717) is 0 Å². The van der Waals surface area contributed by atoms with Crippen LogP contribution in [0.5, 0.6) is 0 Å². The van der Waals surface area contributed by atoms with Crippen molar-refractivity contribution >= 4 is 0 Å². The molecule has 1 aromatic heterocycles. The molecule has 0 amide bonds. The number of benzene rings is 1. The van der Waals surface area contributed by atoms with E-state index in [1.54, 1.807) is 0 Å². The molecule has 3 nitrogen and oxygen atoms in total. The number of hydrogen-bond donors (Lipinski definition) is 0. The van der Waals surface area contributed by atoms with Crippen LogP contribution < -0.4 is 0 Å². The molecule has 0 radical (unpaired) electrons. The van der Waals surface area contributed by atoms with Crippen molar-refractivity contribution in [2.45, 2.75) is 45.4 Å². The molecule has 0 spiro atoms. The van der Waals surface area contributed by atoms with Crippen molar-refractivity contribution in [3.05, 3.63) is 47.8 Å². The van der Waals surface area contributed by atoms with Crippen molar-refractivity contribution in [3.8, 4) is 5.69 Å². The molecule has 3 rings (SSSR count). The van der Waals surface area contributed by atoms with E-state index in [1.807, 2.05) is 4.68 Å². The maximum Gasteiger partial charge on any atom is 0.0682 e. The van der Waals surface area contributed by atoms with Gasteiger partial charge in [0.25, 0.3) is 0 Å². The molecule has 0 saturated carbocycles. The zero-order valence-corrected chi connectivity index (χ0v) is 14.0. The summed E-state index contributed by atoms with van der Waals surface area (Å²) in [5, 5.41) is 4.74. The molecular weight excluding hydrogens is 270 g/mol. The Hall–Kier alpha value is -1.61. The quantitative estimate of drug-likeness (QED) is 0.855. The monoisotopic (exact) mass is 297 g/mol. The molecule has 1 aliphatic heterocycles. The highest BCUT2D eigenvalue weighted by Gasteiger charge is 2.17. The summed E-state index contributed by atoms with van der Waals surface area (Å²) >= 11 is 0. The van der Waals surface area contributed by atoms with Gasteiger partial charge in [0.2, 0.25) is 0 Å². The van der Waals surface area contributed by atoms with Gasteiger partial charge in [-0.2, -0.15) is 5.10 Å². The number of rotatable bonds is 4. The van der Waals surface area contributed by atoms with Gasteiger partial charge in [-0.15, -0.1) is 0 Å². The van der Waals surface area contributed by atoms with Crippen molar-refractivity contribution in [3.63, 3.8) is 0 Å². The number of hydrogen-bond acceptors (Lipinski definition) is 2. The molecule has 0 bridgehead atoms. The molecule has 1 aromatic carbocycles. The fraction of sp³-hybridized carbons (Fsp3) is 0.526. The van der Waals surface area contributed by atoms with Crippen LogP contribution in [0.15, 0.2) is 36.5 Å². The third kappa shape index (κ3) is 3.58. The van der Waals surface area contributed by atoms with Gasteiger partial charge >= 0.3 is 0 Å². The van der Waals surface area contributed by atoms with E-state index in [4.69, 9.17) is 5.10 Å². The first kappa shape index (κ1) is 15.3. The minimum Gasteiger partial charge on any atom is -0.303 e. The molecule has 118 valence electrons. The van der Waals surface area contributed by atoms with Gasteiger partial charge in [0.1, 0.15) is 0 Å². The molecule has 1 fully saturated rings. The Morgan fingerprint density at radius 2 is 1.86 bits per heavy atom. The van der Waals surface area contributed by atoms with Crippen molar-refractivity contribution in [1.29, 1.82) is 0 Å². The predicted octanol–water partition coefficient (Wildman–Crippen LogP) is 3.81. The molecule has 0 N–H and O–H groups in total. The molecule has 0 aliphatic carbocycles. The fourth-order valence-corrected chi connectivity index (χ4v) is 3.02. The third-order valence-corrected chi connectivity index (χ3v) is 4.45. The second kappa shape index (κ2) is 6.25. The summed E-state index contributed by atoms with van der Waals surface area (Å²) in [6.45, 7) is 10.3. The third-order valence-electron chi connectivity index (χ3n) is 4.45. The number of nitrogens with zero attached hydrogens (tertiary/aromatic N) is 3. The Morgan fingerprint density at radius 1 is 1.09 bits per heavy atom. The maximum absolute atomic E-state index is 4.74. The van der Waals surface area contributed by atoms with Gasteiger partial charge in [0.05, 0.1) is 11.4 Å². The summed E-state index contributed by atoms with van der Waals surface area (Å²) in [6, 6.07) is 10.9. The van der Waals surface area contributed by atoms with Gasteiger partial charge in [0.15, 0.2) is 0 Å². The van der Waals surface area contributed by atoms with Crippen LogP contribution in [0.25, 0.3) is 5.69 Å². The minimum absolute atomic E-state index is 0.0958. The molecule has 1 saturated heterocycles. The Labute approximate surface area is 133 Å². The van der Waals surface area contributed by atoms with E-state index in [1.165, 1.54) is 38.0 Å². The zero-order chi connectivity index (χ0) is 15.6. The molecule has 22 heavy (non-hydrogen) atoms. The van der Waals surface area contributed by atoms with Crippen molar-refractivity contribution in [1.82, 2.24) is 14.7 Å². The standard InChI is InChI=1S/C19H27N3/c1-19(2,3)18-10-14-22(20-18)17-8-6-7-16(15-17)9-13-21-11-4-5-12-21/h6-8,10,14-15H,4-5,9,11-13H2,1-3H3. The molecule has 0 unspecified atom stereocenters. The first-order valence-electron chi connectivity index (χ1n) is 8.40. The van der Waals surface area contributed by atoms with Gasteiger partial charge < -0.3 is 4.90 Å². The molecule has 3 heteroatoms. The first-order valence-corrected chi connectivity index (χ1v) is 8.40. The van der Waals surface area contributed by atoms with E-state index in [2.05, 4.69) is 62.2 Å². The average Bonchev–Trinajstić information content (AvgIpc) is 3.16. The second-order valence-corrected chi connectivity index (χ2v) is 7.36. The number of aromatic nitrogens is 2. The second-order valence-electron chi connectivity index (χ2n) is 7.36. The van der Waals surface area contributed by atoms with Gasteiger partial charge in [-0.25, -0.2) is 4.68 Å². The van der Waals surface area contributed by atoms with Crippen molar-refractivity contribution in [2.24, 2.45) is 0 Å². The largest absolute Gasteiger partial charge is 0.303 e. The highest BCUT2D eigenvalue weighted by Crippen LogP contribution is 2.21. The Kier molecular flexibility index (Phi) is 4.34. The Bertz CT molecular complexity index is 616. The molecular formula is C19H27N3. The minimum atomic E-state index is 0.0958. The van der Waals surface area contributed by atoms with E-state index in [0.717, 1.165) is 17.8 Å². The van der Waals surface area contributed by atoms with Gasteiger partial charge in [0, 0.05) is 18.2 Å². The Balaban J connectivity index is 1.71. The highest BCUT2D eigenvalue weighted by atomic mass is 15.3. The van der Waals surface area contributed by atoms with E-state index in [9.17, 15) is 0 Å². The van der Waals surface area contributed by atoms with Crippen LogP contribution in [-0.4, -0.2) is 34.3 Å². The van der Waals surface area contributed by atoms with Crippen LogP contribution in [0.4, 0.5) is 0 Å². The topological polar surface area (TPSA) is 21.1 Å². The molecule has 2 heterocycles. The zero-order valence-electron chi connectivity index (χ0n) is 14.0. The lowest BCUT2D eigenvalue weighted by Gasteiger charge is -2.15. The first-order chi connectivity index (χ1) is 10.5. The van der Waals surface area contributed by atoms with Crippen LogP contribution in [0.3, 0.4) is 0 Å². The van der Waals surface area contributed by atoms with E-state index < -0.39 is 0 Å². The van der Waals surface area contributed by atoms with Gasteiger partial charge in [-0.1, -0.05) is 32.9 Å². The fourth-order valence-electron chi connectivity index (χ4n) is 3.02. The predicted molar refractivity (Wildman–Crippen MR) is 91.6 cm³/mol. The van der Waals surface area contributed by atoms with E-state index in [-0.39, 0.29) is 5.41 Å². The molecule has 0 atom stereocenters. The lowest BCUT2D eigenvalue weighted by Crippen LogP contribution is -2.21. The normalized spacial score (nSPS) is 16.3. The van der Waals surface area contributed by atoms with Gasteiger partial charge in [-0.05, 0) is 56.1 Å². The van der Waals surface area contributed by atoms with Crippen LogP contribution in [0.2, 0.25) is 0 Å². The summed E-state index contributed by atoms with van der Waals surface area (Å²) in [4.78, 5) is 2.57. The number of likely N-dealkylation sites (tertiary alicyclic amines) is 1. The average molecular weight is 297 g/mol. The molecule has 1 aliphatic rings. The summed E-state index contributed by atoms with van der Waals surface area (Å²) in [7, 11) is 0. The van der Waals surface area contributed by atoms with Crippen LogP contribution in [-0.2, 0) is 11.8 Å². The van der Waals surface area contributed by atoms with Crippen molar-refractivity contribution < 1.29 is 0 Å². The maximum atomic E-state index is 4.74. The molecule has 2 aromatic rings. The summed E-state index contributed by atoms with van der Waals surface area (Å²) in [6.07, 6.45) is 5.92. The van der Waals surface area contributed by atoms with Gasteiger partial charge in [-0.3, -0.25) is 0 Å². The lowest BCUT2D eigenvalue weighted by molar-refractivity contribution is 0.343. The highest BCUT2D eigenvalue weighted by molar-refractivity contribution is 5.36.